The predicted molar refractivity (Wildman–Crippen MR) is 103 cm³/mol. The van der Waals surface area contributed by atoms with Crippen molar-refractivity contribution in [3.8, 4) is 0 Å². The van der Waals surface area contributed by atoms with E-state index in [9.17, 15) is 9.59 Å². The number of nitrogens with zero attached hydrogens (tertiary/aromatic N) is 2. The zero-order chi connectivity index (χ0) is 18.0. The summed E-state index contributed by atoms with van der Waals surface area (Å²) in [6.07, 6.45) is 0. The minimum absolute atomic E-state index is 0.172. The molecule has 3 aromatic heterocycles. The molecule has 0 aliphatic carbocycles. The Kier molecular flexibility index (Phi) is 2.86. The summed E-state index contributed by atoms with van der Waals surface area (Å²) >= 11 is 0. The quantitative estimate of drug-likeness (QED) is 0.318. The van der Waals surface area contributed by atoms with E-state index in [0.29, 0.717) is 27.3 Å². The van der Waals surface area contributed by atoms with Crippen LogP contribution in [-0.4, -0.2) is 9.55 Å². The highest BCUT2D eigenvalue weighted by Gasteiger charge is 2.15. The summed E-state index contributed by atoms with van der Waals surface area (Å²) in [7, 11) is 1.72. The van der Waals surface area contributed by atoms with E-state index < -0.39 is 0 Å². The van der Waals surface area contributed by atoms with E-state index in [4.69, 9.17) is 4.42 Å². The van der Waals surface area contributed by atoms with E-state index in [1.165, 1.54) is 0 Å². The summed E-state index contributed by atoms with van der Waals surface area (Å²) < 4.78 is 7.47. The normalized spacial score (nSPS) is 11.8. The summed E-state index contributed by atoms with van der Waals surface area (Å²) in [4.78, 5) is 30.3. The topological polar surface area (TPSA) is 65.1 Å². The van der Waals surface area contributed by atoms with Crippen molar-refractivity contribution in [2.45, 2.75) is 6.92 Å². The second-order valence-electron chi connectivity index (χ2n) is 6.55. The fourth-order valence-corrected chi connectivity index (χ4v) is 3.52. The molecule has 0 spiro atoms. The number of para-hydroxylation sites is 1. The van der Waals surface area contributed by atoms with Crippen molar-refractivity contribution in [1.29, 1.82) is 0 Å². The van der Waals surface area contributed by atoms with Crippen LogP contribution in [0.4, 0.5) is 0 Å². The minimum Gasteiger partial charge on any atom is -0.437 e. The molecule has 5 nitrogen and oxygen atoms in total. The van der Waals surface area contributed by atoms with Crippen LogP contribution >= 0.6 is 0 Å². The summed E-state index contributed by atoms with van der Waals surface area (Å²) in [5, 5.41) is 2.08. The Morgan fingerprint density at radius 3 is 2.58 bits per heavy atom. The number of pyridine rings is 2. The van der Waals surface area contributed by atoms with Crippen molar-refractivity contribution in [1.82, 2.24) is 9.55 Å². The molecule has 3 heterocycles. The third-order valence-electron chi connectivity index (χ3n) is 4.87. The van der Waals surface area contributed by atoms with Crippen molar-refractivity contribution in [2.75, 3.05) is 0 Å². The number of benzene rings is 2. The molecule has 0 aliphatic rings. The predicted octanol–water partition coefficient (Wildman–Crippen LogP) is 3.65. The number of rotatable bonds is 0. The number of aryl methyl sites for hydroxylation is 2. The van der Waals surface area contributed by atoms with Crippen LogP contribution < -0.4 is 11.0 Å². The van der Waals surface area contributed by atoms with E-state index in [1.807, 2.05) is 37.3 Å². The fourth-order valence-electron chi connectivity index (χ4n) is 3.52. The van der Waals surface area contributed by atoms with Gasteiger partial charge in [-0.05, 0) is 31.2 Å². The lowest BCUT2D eigenvalue weighted by atomic mass is 10.1. The molecule has 2 aromatic carbocycles. The summed E-state index contributed by atoms with van der Waals surface area (Å²) in [5.41, 5.74) is 2.69. The molecule has 126 valence electrons. The van der Waals surface area contributed by atoms with Gasteiger partial charge in [0.1, 0.15) is 5.58 Å². The van der Waals surface area contributed by atoms with Crippen molar-refractivity contribution in [2.24, 2.45) is 7.05 Å². The molecule has 0 N–H and O–H groups in total. The Balaban J connectivity index is 2.08. The molecule has 0 atom stereocenters. The highest BCUT2D eigenvalue weighted by Crippen LogP contribution is 2.25. The molecule has 0 bridgehead atoms. The van der Waals surface area contributed by atoms with Gasteiger partial charge in [-0.15, -0.1) is 0 Å². The molecule has 0 saturated carbocycles. The molecule has 0 saturated heterocycles. The first-order chi connectivity index (χ1) is 12.5. The summed E-state index contributed by atoms with van der Waals surface area (Å²) in [6, 6.07) is 14.6. The lowest BCUT2D eigenvalue weighted by Crippen LogP contribution is -2.18. The summed E-state index contributed by atoms with van der Waals surface area (Å²) in [5.74, 6) is 0. The van der Waals surface area contributed by atoms with Gasteiger partial charge in [0.2, 0.25) is 11.1 Å². The molecular weight excluding hydrogens is 328 g/mol. The molecule has 0 amide bonds. The van der Waals surface area contributed by atoms with Crippen molar-refractivity contribution in [3.63, 3.8) is 0 Å². The van der Waals surface area contributed by atoms with E-state index >= 15 is 0 Å². The van der Waals surface area contributed by atoms with Crippen LogP contribution in [0, 0.1) is 6.92 Å². The van der Waals surface area contributed by atoms with Crippen LogP contribution in [-0.2, 0) is 7.05 Å². The van der Waals surface area contributed by atoms with Gasteiger partial charge in [0, 0.05) is 12.4 Å². The van der Waals surface area contributed by atoms with E-state index in [0.717, 1.165) is 16.5 Å². The first kappa shape index (κ1) is 14.8. The first-order valence-electron chi connectivity index (χ1n) is 8.30. The van der Waals surface area contributed by atoms with E-state index in [1.54, 1.807) is 29.8 Å². The third kappa shape index (κ3) is 1.88. The van der Waals surface area contributed by atoms with E-state index in [2.05, 4.69) is 4.98 Å². The van der Waals surface area contributed by atoms with Crippen LogP contribution in [0.5, 0.6) is 0 Å². The van der Waals surface area contributed by atoms with Crippen LogP contribution in [0.25, 0.3) is 43.9 Å². The van der Waals surface area contributed by atoms with Crippen LogP contribution in [0.15, 0.2) is 62.5 Å². The smallest absolute Gasteiger partial charge is 0.260 e. The van der Waals surface area contributed by atoms with Gasteiger partial charge >= 0.3 is 0 Å². The van der Waals surface area contributed by atoms with Gasteiger partial charge in [0.05, 0.1) is 27.2 Å². The summed E-state index contributed by atoms with van der Waals surface area (Å²) in [6.45, 7) is 1.92. The van der Waals surface area contributed by atoms with Gasteiger partial charge in [-0.2, -0.15) is 0 Å². The van der Waals surface area contributed by atoms with Gasteiger partial charge in [-0.25, -0.2) is 4.98 Å². The van der Waals surface area contributed by atoms with Gasteiger partial charge in [0.15, 0.2) is 0 Å². The van der Waals surface area contributed by atoms with Crippen molar-refractivity contribution >= 4 is 43.9 Å². The Morgan fingerprint density at radius 2 is 1.73 bits per heavy atom. The fraction of sp³-hybridized carbons (Fsp3) is 0.0952. The average Bonchev–Trinajstić information content (AvgIpc) is 2.66. The molecule has 5 rings (SSSR count). The van der Waals surface area contributed by atoms with Gasteiger partial charge in [-0.3, -0.25) is 9.59 Å². The monoisotopic (exact) mass is 342 g/mol. The second-order valence-corrected chi connectivity index (χ2v) is 6.55. The zero-order valence-corrected chi connectivity index (χ0v) is 14.2. The maximum absolute atomic E-state index is 12.9. The second kappa shape index (κ2) is 5.02. The molecule has 5 aromatic rings. The Bertz CT molecular complexity index is 1490. The highest BCUT2D eigenvalue weighted by atomic mass is 16.3. The Morgan fingerprint density at radius 1 is 0.923 bits per heavy atom. The first-order valence-corrected chi connectivity index (χ1v) is 8.30. The van der Waals surface area contributed by atoms with Crippen LogP contribution in [0.3, 0.4) is 0 Å². The largest absolute Gasteiger partial charge is 0.437 e. The Hall–Kier alpha value is -3.47. The van der Waals surface area contributed by atoms with Crippen LogP contribution in [0.1, 0.15) is 5.56 Å². The van der Waals surface area contributed by atoms with Crippen molar-refractivity contribution in [3.05, 3.63) is 74.7 Å². The zero-order valence-electron chi connectivity index (χ0n) is 14.2. The lowest BCUT2D eigenvalue weighted by molar-refractivity contribution is 0.646. The number of hydrogen-bond donors (Lipinski definition) is 0. The number of hydrogen-bond acceptors (Lipinski definition) is 4. The maximum atomic E-state index is 12.9. The minimum atomic E-state index is -0.183. The molecule has 5 heteroatoms. The number of fused-ring (bicyclic) bond motifs is 5. The van der Waals surface area contributed by atoms with Crippen molar-refractivity contribution < 1.29 is 4.42 Å². The van der Waals surface area contributed by atoms with Gasteiger partial charge < -0.3 is 8.98 Å². The lowest BCUT2D eigenvalue weighted by Gasteiger charge is -2.09. The third-order valence-corrected chi connectivity index (χ3v) is 4.87. The molecule has 26 heavy (non-hydrogen) atoms. The average molecular weight is 342 g/mol. The Labute approximate surface area is 147 Å². The van der Waals surface area contributed by atoms with Gasteiger partial charge in [0.25, 0.3) is 5.56 Å². The highest BCUT2D eigenvalue weighted by molar-refractivity contribution is 6.06. The van der Waals surface area contributed by atoms with Gasteiger partial charge in [-0.1, -0.05) is 29.8 Å². The maximum Gasteiger partial charge on any atom is 0.260 e. The van der Waals surface area contributed by atoms with Crippen LogP contribution in [0.2, 0.25) is 0 Å². The molecule has 0 radical (unpaired) electrons. The molecule has 0 aliphatic heterocycles. The SMILES string of the molecule is Cc1ccc2oc3nc4c(cc3c(=O)c2c1)c(=O)n(C)c1ccccc41. The molecule has 0 unspecified atom stereocenters. The number of aromatic nitrogens is 2. The van der Waals surface area contributed by atoms with E-state index in [-0.39, 0.29) is 16.7 Å². The molecular formula is C21H14N2O3. The standard InChI is InChI=1S/C21H14N2O3/c1-11-7-8-17-13(9-11)19(24)15-10-14-18(22-20(15)26-17)12-5-3-4-6-16(12)23(2)21(14)25/h3-10H,1-2H3. The molecule has 0 fully saturated rings.